The molecule has 1 amide bonds. The summed E-state index contributed by atoms with van der Waals surface area (Å²) in [6.07, 6.45) is 0. The minimum absolute atomic E-state index is 0.175. The van der Waals surface area contributed by atoms with Crippen LogP contribution in [0, 0.1) is 11.7 Å². The van der Waals surface area contributed by atoms with Crippen LogP contribution in [0.1, 0.15) is 23.3 Å². The monoisotopic (exact) mass is 425 g/mol. The highest BCUT2D eigenvalue weighted by atomic mass is 79.9. The molecule has 2 atom stereocenters. The van der Waals surface area contributed by atoms with Gasteiger partial charge < -0.3 is 5.32 Å². The molecule has 1 aromatic carbocycles. The first-order chi connectivity index (χ1) is 11.5. The van der Waals surface area contributed by atoms with Crippen molar-refractivity contribution >= 4 is 49.6 Å². The summed E-state index contributed by atoms with van der Waals surface area (Å²) in [5, 5.41) is 10.8. The first-order valence-corrected chi connectivity index (χ1v) is 9.61. The zero-order valence-electron chi connectivity index (χ0n) is 12.6. The van der Waals surface area contributed by atoms with Gasteiger partial charge in [0.15, 0.2) is 0 Å². The molecule has 0 bridgehead atoms. The first-order valence-electron chi connectivity index (χ1n) is 7.12. The van der Waals surface area contributed by atoms with Crippen LogP contribution >= 0.6 is 38.6 Å². The Labute approximate surface area is 154 Å². The molecule has 2 heterocycles. The van der Waals surface area contributed by atoms with Crippen molar-refractivity contribution < 1.29 is 9.18 Å². The van der Waals surface area contributed by atoms with Gasteiger partial charge >= 0.3 is 0 Å². The molecular weight excluding hydrogens is 413 g/mol. The molecule has 124 valence electrons. The number of amides is 1. The van der Waals surface area contributed by atoms with Gasteiger partial charge in [-0.05, 0) is 45.8 Å². The normalized spacial score (nSPS) is 13.5. The summed E-state index contributed by atoms with van der Waals surface area (Å²) in [7, 11) is 0. The molecule has 0 saturated carbocycles. The molecule has 0 fully saturated rings. The van der Waals surface area contributed by atoms with Crippen molar-refractivity contribution in [3.63, 3.8) is 0 Å². The number of halogens is 2. The van der Waals surface area contributed by atoms with Crippen molar-refractivity contribution in [2.45, 2.75) is 12.8 Å². The number of benzene rings is 1. The zero-order chi connectivity index (χ0) is 17.1. The Morgan fingerprint density at radius 3 is 2.79 bits per heavy atom. The third-order valence-corrected chi connectivity index (χ3v) is 5.93. The van der Waals surface area contributed by atoms with Crippen molar-refractivity contribution in [1.82, 2.24) is 10.2 Å². The molecule has 0 spiro atoms. The maximum atomic E-state index is 13.7. The second-order valence-corrected chi connectivity index (χ2v) is 8.52. The van der Waals surface area contributed by atoms with E-state index in [0.717, 1.165) is 14.2 Å². The maximum Gasteiger partial charge on any atom is 0.230 e. The van der Waals surface area contributed by atoms with E-state index in [-0.39, 0.29) is 17.6 Å². The van der Waals surface area contributed by atoms with Gasteiger partial charge in [-0.15, -0.1) is 21.5 Å². The van der Waals surface area contributed by atoms with E-state index in [2.05, 4.69) is 31.4 Å². The SMILES string of the molecule is CC(C(=O)Nc1nncs1)[C@H](c1cccc(F)c1)c1ccc(Br)s1. The van der Waals surface area contributed by atoms with Crippen molar-refractivity contribution in [2.75, 3.05) is 5.32 Å². The average molecular weight is 426 g/mol. The van der Waals surface area contributed by atoms with Crippen LogP contribution in [0.2, 0.25) is 0 Å². The van der Waals surface area contributed by atoms with Crippen LogP contribution in [0.4, 0.5) is 9.52 Å². The number of carbonyl (C=O) groups excluding carboxylic acids is 1. The number of hydrogen-bond acceptors (Lipinski definition) is 5. The summed E-state index contributed by atoms with van der Waals surface area (Å²) >= 11 is 6.25. The van der Waals surface area contributed by atoms with Crippen LogP contribution in [0.15, 0.2) is 45.7 Å². The van der Waals surface area contributed by atoms with E-state index in [0.29, 0.717) is 5.13 Å². The highest BCUT2D eigenvalue weighted by Gasteiger charge is 2.29. The number of rotatable bonds is 5. The largest absolute Gasteiger partial charge is 0.300 e. The van der Waals surface area contributed by atoms with E-state index in [1.807, 2.05) is 25.1 Å². The Morgan fingerprint density at radius 1 is 1.33 bits per heavy atom. The van der Waals surface area contributed by atoms with Crippen molar-refractivity contribution in [1.29, 1.82) is 0 Å². The van der Waals surface area contributed by atoms with Gasteiger partial charge in [0.1, 0.15) is 11.3 Å². The molecule has 1 unspecified atom stereocenters. The van der Waals surface area contributed by atoms with Gasteiger partial charge in [0, 0.05) is 16.7 Å². The predicted molar refractivity (Wildman–Crippen MR) is 98.0 cm³/mol. The second-order valence-electron chi connectivity index (χ2n) is 5.20. The van der Waals surface area contributed by atoms with Crippen molar-refractivity contribution in [2.24, 2.45) is 5.92 Å². The number of anilines is 1. The number of nitrogens with one attached hydrogen (secondary N) is 1. The lowest BCUT2D eigenvalue weighted by atomic mass is 9.85. The summed E-state index contributed by atoms with van der Waals surface area (Å²) in [6.45, 7) is 1.83. The van der Waals surface area contributed by atoms with E-state index < -0.39 is 5.92 Å². The third kappa shape index (κ3) is 3.88. The quantitative estimate of drug-likeness (QED) is 0.631. The van der Waals surface area contributed by atoms with Crippen LogP contribution in [0.5, 0.6) is 0 Å². The van der Waals surface area contributed by atoms with Crippen LogP contribution in [0.25, 0.3) is 0 Å². The summed E-state index contributed by atoms with van der Waals surface area (Å²) in [5.74, 6) is -1.14. The molecule has 0 saturated heterocycles. The molecule has 0 aliphatic carbocycles. The van der Waals surface area contributed by atoms with E-state index in [4.69, 9.17) is 0 Å². The van der Waals surface area contributed by atoms with Gasteiger partial charge in [-0.25, -0.2) is 4.39 Å². The highest BCUT2D eigenvalue weighted by Crippen LogP contribution is 2.38. The molecule has 4 nitrogen and oxygen atoms in total. The number of aromatic nitrogens is 2. The summed E-state index contributed by atoms with van der Waals surface area (Å²) in [4.78, 5) is 13.6. The summed E-state index contributed by atoms with van der Waals surface area (Å²) in [5.41, 5.74) is 2.32. The standard InChI is InChI=1S/C16H13BrFN3OS2/c1-9(15(22)20-16-21-19-8-23-16)14(12-5-6-13(17)24-12)10-3-2-4-11(18)7-10/h2-9,14H,1H3,(H,20,21,22)/t9?,14-/m1/s1. The lowest BCUT2D eigenvalue weighted by molar-refractivity contribution is -0.119. The number of carbonyl (C=O) groups is 1. The van der Waals surface area contributed by atoms with Gasteiger partial charge in [-0.2, -0.15) is 0 Å². The summed E-state index contributed by atoms with van der Waals surface area (Å²) in [6, 6.07) is 10.3. The first kappa shape index (κ1) is 17.2. The van der Waals surface area contributed by atoms with Gasteiger partial charge in [0.2, 0.25) is 11.0 Å². The molecule has 8 heteroatoms. The highest BCUT2D eigenvalue weighted by molar-refractivity contribution is 9.11. The van der Waals surface area contributed by atoms with E-state index in [1.165, 1.54) is 34.8 Å². The van der Waals surface area contributed by atoms with E-state index in [1.54, 1.807) is 11.6 Å². The predicted octanol–water partition coefficient (Wildman–Crippen LogP) is 4.91. The van der Waals surface area contributed by atoms with E-state index >= 15 is 0 Å². The summed E-state index contributed by atoms with van der Waals surface area (Å²) < 4.78 is 14.7. The molecule has 0 aliphatic heterocycles. The van der Waals surface area contributed by atoms with Gasteiger partial charge in [0.05, 0.1) is 3.79 Å². The fourth-order valence-corrected chi connectivity index (χ4v) is 4.60. The van der Waals surface area contributed by atoms with Gasteiger partial charge in [-0.3, -0.25) is 4.79 Å². The topological polar surface area (TPSA) is 54.9 Å². The van der Waals surface area contributed by atoms with Crippen LogP contribution in [0.3, 0.4) is 0 Å². The smallest absolute Gasteiger partial charge is 0.230 e. The Kier molecular flexibility index (Phi) is 5.37. The van der Waals surface area contributed by atoms with Gasteiger partial charge in [-0.1, -0.05) is 30.4 Å². The molecule has 0 radical (unpaired) electrons. The molecule has 1 N–H and O–H groups in total. The maximum absolute atomic E-state index is 13.7. The van der Waals surface area contributed by atoms with Crippen LogP contribution < -0.4 is 5.32 Å². The minimum atomic E-state index is -0.402. The van der Waals surface area contributed by atoms with Crippen LogP contribution in [-0.4, -0.2) is 16.1 Å². The lowest BCUT2D eigenvalue weighted by Crippen LogP contribution is -2.26. The van der Waals surface area contributed by atoms with E-state index in [9.17, 15) is 9.18 Å². The molecular formula is C16H13BrFN3OS2. The van der Waals surface area contributed by atoms with Gasteiger partial charge in [0.25, 0.3) is 0 Å². The molecule has 3 aromatic rings. The minimum Gasteiger partial charge on any atom is -0.300 e. The number of nitrogens with zero attached hydrogens (tertiary/aromatic N) is 2. The number of hydrogen-bond donors (Lipinski definition) is 1. The fraction of sp³-hybridized carbons (Fsp3) is 0.188. The second kappa shape index (κ2) is 7.50. The Hall–Kier alpha value is -1.64. The zero-order valence-corrected chi connectivity index (χ0v) is 15.8. The Bertz CT molecular complexity index is 837. The van der Waals surface area contributed by atoms with Crippen molar-refractivity contribution in [3.8, 4) is 0 Å². The Morgan fingerprint density at radius 2 is 2.17 bits per heavy atom. The molecule has 2 aromatic heterocycles. The average Bonchev–Trinajstić information content (AvgIpc) is 3.19. The van der Waals surface area contributed by atoms with Crippen LogP contribution in [-0.2, 0) is 4.79 Å². The Balaban J connectivity index is 1.93. The number of thiophene rings is 1. The molecule has 3 rings (SSSR count). The fourth-order valence-electron chi connectivity index (χ4n) is 2.49. The third-order valence-electron chi connectivity index (χ3n) is 3.61. The lowest BCUT2D eigenvalue weighted by Gasteiger charge is -2.22. The molecule has 24 heavy (non-hydrogen) atoms. The van der Waals surface area contributed by atoms with Crippen molar-refractivity contribution in [3.05, 3.63) is 62.0 Å². The molecule has 0 aliphatic rings.